The highest BCUT2D eigenvalue weighted by molar-refractivity contribution is 5.89. The average Bonchev–Trinajstić information content (AvgIpc) is 3.26. The number of carbonyl (C=O) groups excluding carboxylic acids is 1. The van der Waals surface area contributed by atoms with E-state index in [4.69, 9.17) is 0 Å². The zero-order valence-corrected chi connectivity index (χ0v) is 13.9. The van der Waals surface area contributed by atoms with Crippen LogP contribution in [0.2, 0.25) is 0 Å². The molecule has 1 fully saturated rings. The van der Waals surface area contributed by atoms with E-state index in [2.05, 4.69) is 30.7 Å². The van der Waals surface area contributed by atoms with Gasteiger partial charge in [-0.15, -0.1) is 0 Å². The van der Waals surface area contributed by atoms with Crippen LogP contribution in [0.15, 0.2) is 30.7 Å². The largest absolute Gasteiger partial charge is 0.335 e. The summed E-state index contributed by atoms with van der Waals surface area (Å²) in [4.78, 5) is 25.4. The van der Waals surface area contributed by atoms with Crippen molar-refractivity contribution in [1.29, 1.82) is 0 Å². The van der Waals surface area contributed by atoms with Gasteiger partial charge in [-0.2, -0.15) is 5.10 Å². The maximum atomic E-state index is 12.1. The Morgan fingerprint density at radius 3 is 2.80 bits per heavy atom. The van der Waals surface area contributed by atoms with Crippen LogP contribution in [-0.2, 0) is 7.05 Å². The molecular weight excluding hydrogens is 318 g/mol. The molecule has 1 aliphatic carbocycles. The quantitative estimate of drug-likeness (QED) is 0.765. The van der Waals surface area contributed by atoms with E-state index in [0.29, 0.717) is 22.7 Å². The summed E-state index contributed by atoms with van der Waals surface area (Å²) < 4.78 is 1.71. The summed E-state index contributed by atoms with van der Waals surface area (Å²) in [7, 11) is 1.85. The lowest BCUT2D eigenvalue weighted by molar-refractivity contribution is 0.248. The number of nitrogens with zero attached hydrogens (tertiary/aromatic N) is 5. The van der Waals surface area contributed by atoms with Gasteiger partial charge in [-0.05, 0) is 25.0 Å². The van der Waals surface area contributed by atoms with E-state index in [1.807, 2.05) is 13.2 Å². The summed E-state index contributed by atoms with van der Waals surface area (Å²) in [6.07, 6.45) is 9.72. The molecule has 3 aromatic rings. The first-order valence-corrected chi connectivity index (χ1v) is 8.38. The Morgan fingerprint density at radius 1 is 1.20 bits per heavy atom. The van der Waals surface area contributed by atoms with Crippen molar-refractivity contribution in [3.63, 3.8) is 0 Å². The SMILES string of the molecule is Cn1cc(-c2cnc3ccc(NC(=O)NC4CCCC4)nc3n2)cn1. The van der Waals surface area contributed by atoms with Gasteiger partial charge in [0.15, 0.2) is 5.65 Å². The molecule has 2 N–H and O–H groups in total. The highest BCUT2D eigenvalue weighted by Crippen LogP contribution is 2.19. The fourth-order valence-corrected chi connectivity index (χ4v) is 3.07. The topological polar surface area (TPSA) is 97.6 Å². The van der Waals surface area contributed by atoms with Crippen molar-refractivity contribution in [3.05, 3.63) is 30.7 Å². The van der Waals surface area contributed by atoms with Crippen LogP contribution in [0.3, 0.4) is 0 Å². The van der Waals surface area contributed by atoms with Gasteiger partial charge in [0.05, 0.1) is 18.1 Å². The molecule has 1 saturated carbocycles. The average molecular weight is 337 g/mol. The second-order valence-corrected chi connectivity index (χ2v) is 6.28. The summed E-state index contributed by atoms with van der Waals surface area (Å²) in [6.45, 7) is 0. The van der Waals surface area contributed by atoms with Crippen molar-refractivity contribution < 1.29 is 4.79 Å². The minimum absolute atomic E-state index is 0.227. The van der Waals surface area contributed by atoms with Crippen LogP contribution in [0.4, 0.5) is 10.6 Å². The number of fused-ring (bicyclic) bond motifs is 1. The predicted octanol–water partition coefficient (Wildman–Crippen LogP) is 2.49. The van der Waals surface area contributed by atoms with Gasteiger partial charge in [0.1, 0.15) is 11.3 Å². The molecule has 2 amide bonds. The zero-order chi connectivity index (χ0) is 17.2. The minimum atomic E-state index is -0.227. The molecule has 1 aliphatic rings. The molecule has 0 atom stereocenters. The van der Waals surface area contributed by atoms with Crippen molar-refractivity contribution in [2.75, 3.05) is 5.32 Å². The summed E-state index contributed by atoms with van der Waals surface area (Å²) in [5, 5.41) is 9.90. The van der Waals surface area contributed by atoms with Gasteiger partial charge in [-0.3, -0.25) is 15.0 Å². The summed E-state index contributed by atoms with van der Waals surface area (Å²) in [6, 6.07) is 3.57. The second kappa shape index (κ2) is 6.46. The van der Waals surface area contributed by atoms with E-state index in [1.54, 1.807) is 29.2 Å². The molecular formula is C17H19N7O. The molecule has 8 nitrogen and oxygen atoms in total. The van der Waals surface area contributed by atoms with Crippen molar-refractivity contribution >= 4 is 23.0 Å². The molecule has 4 rings (SSSR count). The van der Waals surface area contributed by atoms with E-state index in [-0.39, 0.29) is 12.1 Å². The molecule has 3 heterocycles. The first-order valence-electron chi connectivity index (χ1n) is 8.38. The second-order valence-electron chi connectivity index (χ2n) is 6.28. The van der Waals surface area contributed by atoms with Crippen molar-refractivity contribution in [2.24, 2.45) is 7.05 Å². The first kappa shape index (κ1) is 15.5. The number of aryl methyl sites for hydroxylation is 1. The zero-order valence-electron chi connectivity index (χ0n) is 13.9. The number of urea groups is 1. The van der Waals surface area contributed by atoms with Crippen LogP contribution < -0.4 is 10.6 Å². The third kappa shape index (κ3) is 3.42. The van der Waals surface area contributed by atoms with Crippen molar-refractivity contribution in [2.45, 2.75) is 31.7 Å². The van der Waals surface area contributed by atoms with E-state index in [1.165, 1.54) is 12.8 Å². The van der Waals surface area contributed by atoms with Crippen LogP contribution in [0.25, 0.3) is 22.4 Å². The number of hydrogen-bond donors (Lipinski definition) is 2. The van der Waals surface area contributed by atoms with Crippen LogP contribution in [0.1, 0.15) is 25.7 Å². The monoisotopic (exact) mass is 337 g/mol. The summed E-state index contributed by atoms with van der Waals surface area (Å²) >= 11 is 0. The minimum Gasteiger partial charge on any atom is -0.335 e. The molecule has 0 unspecified atom stereocenters. The number of pyridine rings is 1. The Balaban J connectivity index is 1.54. The molecule has 0 bridgehead atoms. The Morgan fingerprint density at radius 2 is 2.04 bits per heavy atom. The van der Waals surface area contributed by atoms with Gasteiger partial charge in [0, 0.05) is 24.8 Å². The fourth-order valence-electron chi connectivity index (χ4n) is 3.07. The Kier molecular flexibility index (Phi) is 4.01. The normalized spacial score (nSPS) is 14.8. The summed E-state index contributed by atoms with van der Waals surface area (Å²) in [5.74, 6) is 0.459. The third-order valence-corrected chi connectivity index (χ3v) is 4.34. The van der Waals surface area contributed by atoms with Gasteiger partial charge in [0.2, 0.25) is 0 Å². The lowest BCUT2D eigenvalue weighted by Gasteiger charge is -2.12. The number of hydrogen-bond acceptors (Lipinski definition) is 5. The Bertz CT molecular complexity index is 914. The third-order valence-electron chi connectivity index (χ3n) is 4.34. The van der Waals surface area contributed by atoms with E-state index < -0.39 is 0 Å². The molecule has 128 valence electrons. The van der Waals surface area contributed by atoms with Gasteiger partial charge >= 0.3 is 6.03 Å². The number of anilines is 1. The molecule has 25 heavy (non-hydrogen) atoms. The maximum Gasteiger partial charge on any atom is 0.320 e. The maximum absolute atomic E-state index is 12.1. The lowest BCUT2D eigenvalue weighted by atomic mass is 10.2. The molecule has 0 aliphatic heterocycles. The van der Waals surface area contributed by atoms with Gasteiger partial charge in [-0.1, -0.05) is 12.8 Å². The number of carbonyl (C=O) groups is 1. The fraction of sp³-hybridized carbons (Fsp3) is 0.353. The van der Waals surface area contributed by atoms with Gasteiger partial charge in [-0.25, -0.2) is 14.8 Å². The van der Waals surface area contributed by atoms with Crippen molar-refractivity contribution in [1.82, 2.24) is 30.0 Å². The molecule has 0 spiro atoms. The highest BCUT2D eigenvalue weighted by atomic mass is 16.2. The Labute approximate surface area is 144 Å². The number of rotatable bonds is 3. The van der Waals surface area contributed by atoms with Crippen LogP contribution in [0.5, 0.6) is 0 Å². The van der Waals surface area contributed by atoms with Gasteiger partial charge in [0.25, 0.3) is 0 Å². The predicted molar refractivity (Wildman–Crippen MR) is 93.9 cm³/mol. The van der Waals surface area contributed by atoms with E-state index >= 15 is 0 Å². The van der Waals surface area contributed by atoms with Crippen LogP contribution >= 0.6 is 0 Å². The van der Waals surface area contributed by atoms with E-state index in [0.717, 1.165) is 18.4 Å². The first-order chi connectivity index (χ1) is 12.2. The van der Waals surface area contributed by atoms with Crippen LogP contribution in [-0.4, -0.2) is 36.8 Å². The Hall–Kier alpha value is -3.03. The highest BCUT2D eigenvalue weighted by Gasteiger charge is 2.17. The van der Waals surface area contributed by atoms with Gasteiger partial charge < -0.3 is 5.32 Å². The van der Waals surface area contributed by atoms with Crippen LogP contribution in [0, 0.1) is 0 Å². The number of nitrogens with one attached hydrogen (secondary N) is 2. The smallest absolute Gasteiger partial charge is 0.320 e. The number of aromatic nitrogens is 5. The lowest BCUT2D eigenvalue weighted by Crippen LogP contribution is -2.36. The molecule has 0 saturated heterocycles. The molecule has 8 heteroatoms. The van der Waals surface area contributed by atoms with E-state index in [9.17, 15) is 4.79 Å². The molecule has 0 aromatic carbocycles. The summed E-state index contributed by atoms with van der Waals surface area (Å²) in [5.41, 5.74) is 2.73. The molecule has 3 aromatic heterocycles. The number of amides is 2. The molecule has 0 radical (unpaired) electrons. The van der Waals surface area contributed by atoms with Crippen molar-refractivity contribution in [3.8, 4) is 11.3 Å². The standard InChI is InChI=1S/C17H19N7O/c1-24-10-11(8-19-24)14-9-18-13-6-7-15(22-16(13)21-14)23-17(25)20-12-4-2-3-5-12/h6-10,12H,2-5H2,1H3,(H2,20,21,22,23,25).